The van der Waals surface area contributed by atoms with Gasteiger partial charge in [0, 0.05) is 6.92 Å². The minimum absolute atomic E-state index is 0.228. The average Bonchev–Trinajstić information content (AvgIpc) is 1.83. The molecule has 0 radical (unpaired) electrons. The van der Waals surface area contributed by atoms with Crippen molar-refractivity contribution in [3.05, 3.63) is 0 Å². The predicted octanol–water partition coefficient (Wildman–Crippen LogP) is 0.115. The fourth-order valence-corrected chi connectivity index (χ4v) is 0.335. The Morgan fingerprint density at radius 2 is 1.62 bits per heavy atom. The van der Waals surface area contributed by atoms with Crippen LogP contribution in [0, 0.1) is 0 Å². The monoisotopic (exact) mass is 192 g/mol. The van der Waals surface area contributed by atoms with Gasteiger partial charge in [0.25, 0.3) is 5.97 Å². The number of hydrogen-bond donors (Lipinski definition) is 2. The van der Waals surface area contributed by atoms with E-state index in [-0.39, 0.29) is 6.61 Å². The highest BCUT2D eigenvalue weighted by Gasteiger charge is 2.06. The molecule has 0 aliphatic heterocycles. The van der Waals surface area contributed by atoms with E-state index in [9.17, 15) is 9.59 Å². The first kappa shape index (κ1) is 14.0. The van der Waals surface area contributed by atoms with E-state index in [4.69, 9.17) is 15.0 Å². The summed E-state index contributed by atoms with van der Waals surface area (Å²) in [7, 11) is 0. The summed E-state index contributed by atoms with van der Waals surface area (Å²) in [6.45, 7) is 2.94. The van der Waals surface area contributed by atoms with E-state index in [1.807, 2.05) is 0 Å². The standard InChI is InChI=1S/C5H8O4.C2H4O2/c1-2-9-5(8)3-4(6)7;1-2(3)4/h2-3H2,1H3,(H,6,7);1H3,(H,3,4). The van der Waals surface area contributed by atoms with Gasteiger partial charge in [0.1, 0.15) is 6.42 Å². The summed E-state index contributed by atoms with van der Waals surface area (Å²) < 4.78 is 4.33. The molecular weight excluding hydrogens is 180 g/mol. The van der Waals surface area contributed by atoms with Crippen molar-refractivity contribution in [1.82, 2.24) is 0 Å². The molecule has 76 valence electrons. The van der Waals surface area contributed by atoms with Gasteiger partial charge in [0.05, 0.1) is 6.61 Å². The minimum atomic E-state index is -1.16. The van der Waals surface area contributed by atoms with Gasteiger partial charge in [-0.3, -0.25) is 14.4 Å². The van der Waals surface area contributed by atoms with E-state index >= 15 is 0 Å². The Hall–Kier alpha value is -1.59. The molecule has 0 aromatic carbocycles. The van der Waals surface area contributed by atoms with Crippen molar-refractivity contribution < 1.29 is 29.3 Å². The first-order valence-electron chi connectivity index (χ1n) is 3.47. The van der Waals surface area contributed by atoms with Crippen LogP contribution in [-0.2, 0) is 19.1 Å². The first-order chi connectivity index (χ1) is 5.90. The van der Waals surface area contributed by atoms with E-state index in [1.54, 1.807) is 6.92 Å². The largest absolute Gasteiger partial charge is 0.481 e. The molecule has 0 aliphatic rings. The molecule has 0 saturated carbocycles. The predicted molar refractivity (Wildman–Crippen MR) is 42.2 cm³/mol. The molecule has 0 aromatic rings. The highest BCUT2D eigenvalue weighted by atomic mass is 16.5. The first-order valence-corrected chi connectivity index (χ1v) is 3.47. The van der Waals surface area contributed by atoms with Crippen LogP contribution in [0.2, 0.25) is 0 Å². The van der Waals surface area contributed by atoms with Crippen LogP contribution in [0.5, 0.6) is 0 Å². The molecule has 2 N–H and O–H groups in total. The van der Waals surface area contributed by atoms with Gasteiger partial charge in [0.2, 0.25) is 0 Å². The third-order valence-electron chi connectivity index (χ3n) is 0.601. The quantitative estimate of drug-likeness (QED) is 0.486. The molecule has 0 atom stereocenters. The fraction of sp³-hybridized carbons (Fsp3) is 0.571. The molecule has 13 heavy (non-hydrogen) atoms. The normalized spacial score (nSPS) is 7.85. The Bertz CT molecular complexity index is 181. The lowest BCUT2D eigenvalue weighted by Gasteiger charge is -1.95. The Morgan fingerprint density at radius 1 is 1.23 bits per heavy atom. The van der Waals surface area contributed by atoms with Crippen molar-refractivity contribution in [3.63, 3.8) is 0 Å². The number of carboxylic acids is 2. The van der Waals surface area contributed by atoms with Crippen LogP contribution in [0.25, 0.3) is 0 Å². The molecular formula is C7H12O6. The molecule has 0 spiro atoms. The smallest absolute Gasteiger partial charge is 0.317 e. The second-order valence-electron chi connectivity index (χ2n) is 1.89. The van der Waals surface area contributed by atoms with E-state index in [0.717, 1.165) is 6.92 Å². The summed E-state index contributed by atoms with van der Waals surface area (Å²) >= 11 is 0. The molecule has 6 nitrogen and oxygen atoms in total. The van der Waals surface area contributed by atoms with Gasteiger partial charge in [-0.1, -0.05) is 0 Å². The number of carboxylic acid groups (broad SMARTS) is 2. The summed E-state index contributed by atoms with van der Waals surface area (Å²) in [5, 5.41) is 15.4. The lowest BCUT2D eigenvalue weighted by molar-refractivity contribution is -0.151. The van der Waals surface area contributed by atoms with Crippen LogP contribution >= 0.6 is 0 Å². The maximum absolute atomic E-state index is 10.3. The summed E-state index contributed by atoms with van der Waals surface area (Å²) in [4.78, 5) is 29.0. The Labute approximate surface area is 75.1 Å². The van der Waals surface area contributed by atoms with Crippen molar-refractivity contribution in [3.8, 4) is 0 Å². The maximum Gasteiger partial charge on any atom is 0.317 e. The van der Waals surface area contributed by atoms with Crippen LogP contribution in [-0.4, -0.2) is 34.7 Å². The molecule has 0 saturated heterocycles. The van der Waals surface area contributed by atoms with Crippen LogP contribution in [0.3, 0.4) is 0 Å². The lowest BCUT2D eigenvalue weighted by atomic mass is 10.4. The fourth-order valence-electron chi connectivity index (χ4n) is 0.335. The van der Waals surface area contributed by atoms with Gasteiger partial charge in [-0.2, -0.15) is 0 Å². The summed E-state index contributed by atoms with van der Waals surface area (Å²) in [6.07, 6.45) is -0.548. The van der Waals surface area contributed by atoms with Crippen LogP contribution < -0.4 is 0 Å². The van der Waals surface area contributed by atoms with Gasteiger partial charge >= 0.3 is 11.9 Å². The molecule has 0 amide bonds. The number of carbonyl (C=O) groups excluding carboxylic acids is 1. The van der Waals surface area contributed by atoms with Crippen LogP contribution in [0.1, 0.15) is 20.3 Å². The zero-order chi connectivity index (χ0) is 10.9. The topological polar surface area (TPSA) is 101 Å². The molecule has 0 heterocycles. The SMILES string of the molecule is CC(=O)O.CCOC(=O)CC(=O)O. The van der Waals surface area contributed by atoms with Crippen LogP contribution in [0.4, 0.5) is 0 Å². The minimum Gasteiger partial charge on any atom is -0.481 e. The van der Waals surface area contributed by atoms with Gasteiger partial charge in [-0.15, -0.1) is 0 Å². The number of esters is 1. The Kier molecular flexibility index (Phi) is 9.14. The van der Waals surface area contributed by atoms with Crippen molar-refractivity contribution in [2.45, 2.75) is 20.3 Å². The summed E-state index contributed by atoms with van der Waals surface area (Å²) in [5.41, 5.74) is 0. The van der Waals surface area contributed by atoms with Gasteiger partial charge < -0.3 is 14.9 Å². The van der Waals surface area contributed by atoms with E-state index in [1.165, 1.54) is 0 Å². The molecule has 6 heteroatoms. The third-order valence-corrected chi connectivity index (χ3v) is 0.601. The zero-order valence-corrected chi connectivity index (χ0v) is 7.44. The Balaban J connectivity index is 0. The maximum atomic E-state index is 10.3. The van der Waals surface area contributed by atoms with Gasteiger partial charge in [-0.05, 0) is 6.92 Å². The highest BCUT2D eigenvalue weighted by molar-refractivity contribution is 5.90. The van der Waals surface area contributed by atoms with Crippen LogP contribution in [0.15, 0.2) is 0 Å². The zero-order valence-electron chi connectivity index (χ0n) is 7.44. The lowest BCUT2D eigenvalue weighted by Crippen LogP contribution is -2.09. The van der Waals surface area contributed by atoms with Gasteiger partial charge in [0.15, 0.2) is 0 Å². The van der Waals surface area contributed by atoms with Crippen molar-refractivity contribution in [2.24, 2.45) is 0 Å². The second-order valence-corrected chi connectivity index (χ2v) is 1.89. The van der Waals surface area contributed by atoms with E-state index in [2.05, 4.69) is 4.74 Å². The van der Waals surface area contributed by atoms with Crippen molar-refractivity contribution in [1.29, 1.82) is 0 Å². The number of hydrogen-bond acceptors (Lipinski definition) is 4. The molecule has 0 rings (SSSR count). The molecule has 0 unspecified atom stereocenters. The van der Waals surface area contributed by atoms with Gasteiger partial charge in [-0.25, -0.2) is 0 Å². The van der Waals surface area contributed by atoms with Crippen molar-refractivity contribution in [2.75, 3.05) is 6.61 Å². The average molecular weight is 192 g/mol. The number of rotatable bonds is 3. The number of carbonyl (C=O) groups is 3. The summed E-state index contributed by atoms with van der Waals surface area (Å²) in [6, 6.07) is 0. The highest BCUT2D eigenvalue weighted by Crippen LogP contribution is 1.84. The van der Waals surface area contributed by atoms with E-state index in [0.29, 0.717) is 0 Å². The second kappa shape index (κ2) is 8.51. The Morgan fingerprint density at radius 3 is 1.85 bits per heavy atom. The molecule has 0 bridgehead atoms. The van der Waals surface area contributed by atoms with Crippen molar-refractivity contribution >= 4 is 17.9 Å². The number of aliphatic carboxylic acids is 2. The molecule has 0 aromatic heterocycles. The molecule has 0 fully saturated rings. The van der Waals surface area contributed by atoms with E-state index < -0.39 is 24.3 Å². The number of ether oxygens (including phenoxy) is 1. The molecule has 0 aliphatic carbocycles. The summed E-state index contributed by atoms with van der Waals surface area (Å²) in [5.74, 6) is -2.68. The third kappa shape index (κ3) is 25.2.